The second-order valence-electron chi connectivity index (χ2n) is 3.25. The minimum absolute atomic E-state index is 0.125. The third-order valence-electron chi connectivity index (χ3n) is 1.98. The van der Waals surface area contributed by atoms with Gasteiger partial charge in [0.15, 0.2) is 5.41 Å². The van der Waals surface area contributed by atoms with Crippen molar-refractivity contribution in [2.75, 3.05) is 0 Å². The van der Waals surface area contributed by atoms with E-state index < -0.39 is 11.4 Å². The van der Waals surface area contributed by atoms with Crippen LogP contribution in [0.3, 0.4) is 0 Å². The number of nitriles is 1. The van der Waals surface area contributed by atoms with Crippen LogP contribution in [0.1, 0.15) is 12.6 Å². The molecular weight excluding hydrogens is 180 g/mol. The van der Waals surface area contributed by atoms with Crippen LogP contribution in [-0.2, 0) is 11.2 Å². The molecule has 1 atom stereocenters. The van der Waals surface area contributed by atoms with Crippen LogP contribution in [0.25, 0.3) is 0 Å². The molecular formula is C10H10N2O2. The van der Waals surface area contributed by atoms with E-state index in [1.54, 1.807) is 30.5 Å². The minimum atomic E-state index is -1.39. The monoisotopic (exact) mass is 190 g/mol. The van der Waals surface area contributed by atoms with Crippen molar-refractivity contribution in [2.45, 2.75) is 13.3 Å². The molecule has 0 aromatic carbocycles. The first-order valence-electron chi connectivity index (χ1n) is 4.13. The third kappa shape index (κ3) is 2.07. The van der Waals surface area contributed by atoms with Gasteiger partial charge in [0.1, 0.15) is 0 Å². The van der Waals surface area contributed by atoms with E-state index in [1.165, 1.54) is 6.92 Å². The number of carboxylic acids is 1. The molecule has 0 amide bonds. The van der Waals surface area contributed by atoms with Gasteiger partial charge in [0, 0.05) is 18.3 Å². The molecule has 0 aliphatic carbocycles. The highest BCUT2D eigenvalue weighted by atomic mass is 16.4. The number of carbonyl (C=O) groups is 1. The van der Waals surface area contributed by atoms with Gasteiger partial charge < -0.3 is 5.11 Å². The summed E-state index contributed by atoms with van der Waals surface area (Å²) in [7, 11) is 0. The van der Waals surface area contributed by atoms with Crippen molar-refractivity contribution in [3.8, 4) is 6.07 Å². The molecule has 4 nitrogen and oxygen atoms in total. The largest absolute Gasteiger partial charge is 0.480 e. The van der Waals surface area contributed by atoms with Gasteiger partial charge in [-0.15, -0.1) is 0 Å². The van der Waals surface area contributed by atoms with E-state index in [4.69, 9.17) is 10.4 Å². The molecule has 1 N–H and O–H groups in total. The van der Waals surface area contributed by atoms with E-state index in [-0.39, 0.29) is 6.42 Å². The molecule has 14 heavy (non-hydrogen) atoms. The maximum absolute atomic E-state index is 10.8. The highest BCUT2D eigenvalue weighted by Gasteiger charge is 2.33. The summed E-state index contributed by atoms with van der Waals surface area (Å²) in [6.07, 6.45) is 1.70. The lowest BCUT2D eigenvalue weighted by molar-refractivity contribution is -0.144. The first-order valence-corrected chi connectivity index (χ1v) is 4.13. The summed E-state index contributed by atoms with van der Waals surface area (Å²) in [4.78, 5) is 14.8. The highest BCUT2D eigenvalue weighted by Crippen LogP contribution is 2.20. The summed E-state index contributed by atoms with van der Waals surface area (Å²) >= 11 is 0. The van der Waals surface area contributed by atoms with Crippen molar-refractivity contribution >= 4 is 5.97 Å². The molecule has 1 heterocycles. The van der Waals surface area contributed by atoms with Crippen LogP contribution in [0.2, 0.25) is 0 Å². The molecule has 0 saturated heterocycles. The maximum atomic E-state index is 10.8. The third-order valence-corrected chi connectivity index (χ3v) is 1.98. The van der Waals surface area contributed by atoms with E-state index >= 15 is 0 Å². The van der Waals surface area contributed by atoms with Crippen LogP contribution in [0, 0.1) is 16.7 Å². The topological polar surface area (TPSA) is 74.0 Å². The van der Waals surface area contributed by atoms with Crippen LogP contribution >= 0.6 is 0 Å². The predicted octanol–water partition coefficient (Wildman–Crippen LogP) is 1.24. The van der Waals surface area contributed by atoms with E-state index in [0.29, 0.717) is 5.69 Å². The Bertz CT molecular complexity index is 369. The molecule has 0 aliphatic rings. The van der Waals surface area contributed by atoms with Gasteiger partial charge in [0.05, 0.1) is 6.07 Å². The van der Waals surface area contributed by atoms with E-state index in [9.17, 15) is 4.79 Å². The molecule has 1 aromatic rings. The van der Waals surface area contributed by atoms with Crippen molar-refractivity contribution in [3.05, 3.63) is 30.1 Å². The molecule has 1 unspecified atom stereocenters. The second kappa shape index (κ2) is 3.88. The lowest BCUT2D eigenvalue weighted by atomic mass is 9.87. The number of nitrogens with zero attached hydrogens (tertiary/aromatic N) is 2. The number of carboxylic acid groups (broad SMARTS) is 1. The Labute approximate surface area is 81.8 Å². The number of hydrogen-bond acceptors (Lipinski definition) is 3. The first kappa shape index (κ1) is 10.2. The van der Waals surface area contributed by atoms with Crippen molar-refractivity contribution in [1.82, 2.24) is 4.98 Å². The standard InChI is InChI=1S/C10H10N2O2/c1-10(7-11,9(13)14)6-8-4-2-3-5-12-8/h2-5H,6H2,1H3,(H,13,14). The average Bonchev–Trinajstić information content (AvgIpc) is 2.19. The van der Waals surface area contributed by atoms with Crippen LogP contribution in [0.5, 0.6) is 0 Å². The van der Waals surface area contributed by atoms with Crippen LogP contribution < -0.4 is 0 Å². The molecule has 1 aromatic heterocycles. The molecule has 4 heteroatoms. The SMILES string of the molecule is CC(C#N)(Cc1ccccn1)C(=O)O. The Morgan fingerprint density at radius 2 is 2.43 bits per heavy atom. The normalized spacial score (nSPS) is 14.0. The van der Waals surface area contributed by atoms with Gasteiger partial charge in [-0.2, -0.15) is 5.26 Å². The molecule has 0 radical (unpaired) electrons. The van der Waals surface area contributed by atoms with Crippen molar-refractivity contribution in [3.63, 3.8) is 0 Å². The molecule has 0 spiro atoms. The molecule has 0 aliphatic heterocycles. The van der Waals surface area contributed by atoms with Gasteiger partial charge in [0.2, 0.25) is 0 Å². The van der Waals surface area contributed by atoms with Crippen LogP contribution in [-0.4, -0.2) is 16.1 Å². The summed E-state index contributed by atoms with van der Waals surface area (Å²) in [5, 5.41) is 17.6. The molecule has 0 saturated carbocycles. The Balaban J connectivity index is 2.88. The fourth-order valence-electron chi connectivity index (χ4n) is 1.03. The zero-order chi connectivity index (χ0) is 10.6. The molecule has 72 valence electrons. The zero-order valence-corrected chi connectivity index (χ0v) is 7.77. The first-order chi connectivity index (χ1) is 6.58. The number of rotatable bonds is 3. The van der Waals surface area contributed by atoms with E-state index in [0.717, 1.165) is 0 Å². The highest BCUT2D eigenvalue weighted by molar-refractivity contribution is 5.77. The summed E-state index contributed by atoms with van der Waals surface area (Å²) in [6, 6.07) is 7.00. The lowest BCUT2D eigenvalue weighted by Gasteiger charge is -2.14. The Morgan fingerprint density at radius 3 is 2.86 bits per heavy atom. The summed E-state index contributed by atoms with van der Waals surface area (Å²) < 4.78 is 0. The second-order valence-corrected chi connectivity index (χ2v) is 3.25. The molecule has 0 bridgehead atoms. The van der Waals surface area contributed by atoms with Crippen LogP contribution in [0.15, 0.2) is 24.4 Å². The van der Waals surface area contributed by atoms with Gasteiger partial charge in [0.25, 0.3) is 0 Å². The summed E-state index contributed by atoms with van der Waals surface area (Å²) in [5.41, 5.74) is -0.784. The summed E-state index contributed by atoms with van der Waals surface area (Å²) in [5.74, 6) is -1.12. The van der Waals surface area contributed by atoms with Crippen molar-refractivity contribution < 1.29 is 9.90 Å². The van der Waals surface area contributed by atoms with Gasteiger partial charge in [-0.05, 0) is 19.1 Å². The van der Waals surface area contributed by atoms with E-state index in [2.05, 4.69) is 4.98 Å². The minimum Gasteiger partial charge on any atom is -0.480 e. The fraction of sp³-hybridized carbons (Fsp3) is 0.300. The fourth-order valence-corrected chi connectivity index (χ4v) is 1.03. The Hall–Kier alpha value is -1.89. The Morgan fingerprint density at radius 1 is 1.71 bits per heavy atom. The van der Waals surface area contributed by atoms with E-state index in [1.807, 2.05) is 0 Å². The number of hydrogen-bond donors (Lipinski definition) is 1. The summed E-state index contributed by atoms with van der Waals surface area (Å²) in [6.45, 7) is 1.39. The average molecular weight is 190 g/mol. The molecule has 0 fully saturated rings. The van der Waals surface area contributed by atoms with Gasteiger partial charge in [-0.25, -0.2) is 0 Å². The molecule has 1 rings (SSSR count). The van der Waals surface area contributed by atoms with Crippen molar-refractivity contribution in [2.24, 2.45) is 5.41 Å². The predicted molar refractivity (Wildman–Crippen MR) is 49.3 cm³/mol. The number of aliphatic carboxylic acids is 1. The van der Waals surface area contributed by atoms with Gasteiger partial charge >= 0.3 is 5.97 Å². The lowest BCUT2D eigenvalue weighted by Crippen LogP contribution is -2.28. The van der Waals surface area contributed by atoms with Crippen molar-refractivity contribution in [1.29, 1.82) is 5.26 Å². The van der Waals surface area contributed by atoms with Crippen LogP contribution in [0.4, 0.5) is 0 Å². The zero-order valence-electron chi connectivity index (χ0n) is 7.77. The number of pyridine rings is 1. The quantitative estimate of drug-likeness (QED) is 0.778. The maximum Gasteiger partial charge on any atom is 0.324 e. The smallest absolute Gasteiger partial charge is 0.324 e. The van der Waals surface area contributed by atoms with Gasteiger partial charge in [-0.1, -0.05) is 6.07 Å². The Kier molecular flexibility index (Phi) is 2.82. The number of aromatic nitrogens is 1. The van der Waals surface area contributed by atoms with Gasteiger partial charge in [-0.3, -0.25) is 9.78 Å².